The highest BCUT2D eigenvalue weighted by molar-refractivity contribution is 6.79. The summed E-state index contributed by atoms with van der Waals surface area (Å²) in [6.45, 7) is 9.28. The Morgan fingerprint density at radius 2 is 1.90 bits per heavy atom. The van der Waals surface area contributed by atoms with E-state index < -0.39 is 8.07 Å². The van der Waals surface area contributed by atoms with Gasteiger partial charge in [-0.25, -0.2) is 0 Å². The highest BCUT2D eigenvalue weighted by Gasteiger charge is 2.58. The van der Waals surface area contributed by atoms with E-state index in [4.69, 9.17) is 4.74 Å². The lowest BCUT2D eigenvalue weighted by Crippen LogP contribution is -2.49. The molecule has 0 saturated carbocycles. The average Bonchev–Trinajstić information content (AvgIpc) is 2.36. The predicted octanol–water partition coefficient (Wildman–Crippen LogP) is 1.01. The molecule has 1 fully saturated rings. The van der Waals surface area contributed by atoms with Gasteiger partial charge in [-0.05, 0) is 6.92 Å². The summed E-state index contributed by atoms with van der Waals surface area (Å²) in [6, 6.07) is 0. The van der Waals surface area contributed by atoms with E-state index in [1.54, 1.807) is 0 Å². The molecule has 0 spiro atoms. The Hall–Kier alpha value is 0.137. The molecule has 60 valence electrons. The van der Waals surface area contributed by atoms with Gasteiger partial charge in [-0.2, -0.15) is 0 Å². The Morgan fingerprint density at radius 1 is 1.50 bits per heavy atom. The molecule has 0 aromatic heterocycles. The van der Waals surface area contributed by atoms with Crippen molar-refractivity contribution >= 4 is 8.07 Å². The van der Waals surface area contributed by atoms with Crippen molar-refractivity contribution < 1.29 is 9.84 Å². The largest absolute Gasteiger partial charge is 0.391 e. The van der Waals surface area contributed by atoms with Gasteiger partial charge in [-0.3, -0.25) is 0 Å². The van der Waals surface area contributed by atoms with Crippen LogP contribution in [-0.4, -0.2) is 31.1 Å². The van der Waals surface area contributed by atoms with Crippen LogP contribution in [0.2, 0.25) is 19.6 Å². The van der Waals surface area contributed by atoms with E-state index in [1.165, 1.54) is 0 Å². The third kappa shape index (κ3) is 1.02. The van der Waals surface area contributed by atoms with E-state index in [-0.39, 0.29) is 11.3 Å². The second-order valence-electron chi connectivity index (χ2n) is 4.10. The Labute approximate surface area is 63.2 Å². The molecule has 1 N–H and O–H groups in total. The first-order valence-corrected chi connectivity index (χ1v) is 7.22. The molecule has 1 aliphatic rings. The van der Waals surface area contributed by atoms with Crippen LogP contribution in [-0.2, 0) is 4.74 Å². The molecule has 2 atom stereocenters. The predicted molar refractivity (Wildman–Crippen MR) is 43.7 cm³/mol. The number of ether oxygens (including phenoxy) is 1. The molecular weight excluding hydrogens is 144 g/mol. The number of aliphatic hydroxyl groups is 1. The minimum Gasteiger partial charge on any atom is -0.391 e. The van der Waals surface area contributed by atoms with Crippen LogP contribution in [0.15, 0.2) is 0 Å². The summed E-state index contributed by atoms with van der Waals surface area (Å²) in [5, 5.41) is 9.27. The molecule has 0 aromatic carbocycles. The summed E-state index contributed by atoms with van der Waals surface area (Å²) in [5.41, 5.74) is 0. The Kier molecular flexibility index (Phi) is 1.70. The van der Waals surface area contributed by atoms with Gasteiger partial charge in [0.15, 0.2) is 0 Å². The molecule has 1 aliphatic heterocycles. The highest BCUT2D eigenvalue weighted by atomic mass is 28.3. The van der Waals surface area contributed by atoms with Crippen LogP contribution in [0.5, 0.6) is 0 Å². The number of rotatable bonds is 2. The fourth-order valence-corrected chi connectivity index (χ4v) is 3.57. The van der Waals surface area contributed by atoms with Crippen LogP contribution in [0.4, 0.5) is 0 Å². The molecule has 0 aromatic rings. The number of epoxide rings is 1. The van der Waals surface area contributed by atoms with Crippen molar-refractivity contribution in [3.8, 4) is 0 Å². The van der Waals surface area contributed by atoms with Gasteiger partial charge >= 0.3 is 0 Å². The zero-order chi connectivity index (χ0) is 7.99. The number of hydrogen-bond acceptors (Lipinski definition) is 2. The van der Waals surface area contributed by atoms with Crippen molar-refractivity contribution in [3.05, 3.63) is 0 Å². The Morgan fingerprint density at radius 3 is 1.90 bits per heavy atom. The van der Waals surface area contributed by atoms with E-state index in [1.807, 2.05) is 6.92 Å². The van der Waals surface area contributed by atoms with Crippen LogP contribution in [0.25, 0.3) is 0 Å². The first-order valence-electron chi connectivity index (χ1n) is 3.72. The summed E-state index contributed by atoms with van der Waals surface area (Å²) < 4.78 is 5.33. The third-order valence-corrected chi connectivity index (χ3v) is 5.65. The van der Waals surface area contributed by atoms with E-state index in [0.29, 0.717) is 0 Å². The van der Waals surface area contributed by atoms with Crippen molar-refractivity contribution in [1.82, 2.24) is 0 Å². The molecule has 3 heteroatoms. The summed E-state index contributed by atoms with van der Waals surface area (Å²) in [6.07, 6.45) is -0.292. The number of aliphatic hydroxyl groups excluding tert-OH is 1. The van der Waals surface area contributed by atoms with Crippen molar-refractivity contribution in [2.75, 3.05) is 6.61 Å². The van der Waals surface area contributed by atoms with Gasteiger partial charge in [-0.1, -0.05) is 19.6 Å². The van der Waals surface area contributed by atoms with Gasteiger partial charge in [0.25, 0.3) is 0 Å². The first-order chi connectivity index (χ1) is 4.40. The van der Waals surface area contributed by atoms with E-state index in [9.17, 15) is 5.11 Å². The van der Waals surface area contributed by atoms with Crippen molar-refractivity contribution in [3.63, 3.8) is 0 Å². The monoisotopic (exact) mass is 160 g/mol. The SMILES string of the molecule is CC(O)C1([Si](C)(C)C)CO1. The first kappa shape index (κ1) is 8.24. The number of hydrogen-bond donors (Lipinski definition) is 1. The van der Waals surface area contributed by atoms with Gasteiger partial charge in [0.05, 0.1) is 20.8 Å². The van der Waals surface area contributed by atoms with E-state index in [2.05, 4.69) is 19.6 Å². The van der Waals surface area contributed by atoms with Gasteiger partial charge < -0.3 is 9.84 Å². The molecule has 10 heavy (non-hydrogen) atoms. The smallest absolute Gasteiger partial charge is 0.106 e. The molecule has 1 saturated heterocycles. The van der Waals surface area contributed by atoms with E-state index >= 15 is 0 Å². The van der Waals surface area contributed by atoms with Crippen molar-refractivity contribution in [1.29, 1.82) is 0 Å². The van der Waals surface area contributed by atoms with E-state index in [0.717, 1.165) is 6.61 Å². The summed E-state index contributed by atoms with van der Waals surface area (Å²) in [4.78, 5) is 0. The molecule has 1 heterocycles. The fourth-order valence-electron chi connectivity index (χ4n) is 1.38. The lowest BCUT2D eigenvalue weighted by atomic mass is 10.3. The summed E-state index contributed by atoms with van der Waals surface area (Å²) >= 11 is 0. The third-order valence-electron chi connectivity index (χ3n) is 2.40. The Balaban J connectivity index is 2.70. The maximum absolute atomic E-state index is 9.39. The lowest BCUT2D eigenvalue weighted by Gasteiger charge is -2.27. The molecular formula is C7H16O2Si. The molecule has 2 unspecified atom stereocenters. The van der Waals surface area contributed by atoms with Crippen LogP contribution in [0.3, 0.4) is 0 Å². The second kappa shape index (κ2) is 2.06. The zero-order valence-corrected chi connectivity index (χ0v) is 8.14. The standard InChI is InChI=1S/C7H16O2Si/c1-6(8)7(5-9-7)10(2,3)4/h6,8H,5H2,1-4H3. The molecule has 0 amide bonds. The molecule has 1 rings (SSSR count). The molecule has 0 aliphatic carbocycles. The Bertz CT molecular complexity index is 133. The molecule has 2 nitrogen and oxygen atoms in total. The normalized spacial score (nSPS) is 35.7. The fraction of sp³-hybridized carbons (Fsp3) is 1.00. The topological polar surface area (TPSA) is 32.8 Å². The average molecular weight is 160 g/mol. The van der Waals surface area contributed by atoms with Crippen LogP contribution < -0.4 is 0 Å². The maximum atomic E-state index is 9.39. The van der Waals surface area contributed by atoms with Gasteiger partial charge in [0, 0.05) is 0 Å². The minimum atomic E-state index is -1.31. The van der Waals surface area contributed by atoms with Gasteiger partial charge in [0.1, 0.15) is 5.22 Å². The molecule has 0 bridgehead atoms. The van der Waals surface area contributed by atoms with Crippen LogP contribution in [0.1, 0.15) is 6.92 Å². The maximum Gasteiger partial charge on any atom is 0.106 e. The lowest BCUT2D eigenvalue weighted by molar-refractivity contribution is 0.127. The summed E-state index contributed by atoms with van der Waals surface area (Å²) in [5.74, 6) is 0. The highest BCUT2D eigenvalue weighted by Crippen LogP contribution is 2.39. The zero-order valence-electron chi connectivity index (χ0n) is 7.14. The van der Waals surface area contributed by atoms with Crippen molar-refractivity contribution in [2.45, 2.75) is 37.9 Å². The quantitative estimate of drug-likeness (QED) is 0.483. The van der Waals surface area contributed by atoms with Gasteiger partial charge in [0.2, 0.25) is 0 Å². The van der Waals surface area contributed by atoms with Crippen LogP contribution in [0, 0.1) is 0 Å². The second-order valence-corrected chi connectivity index (χ2v) is 9.45. The summed E-state index contributed by atoms with van der Waals surface area (Å²) in [7, 11) is -1.31. The van der Waals surface area contributed by atoms with Crippen molar-refractivity contribution in [2.24, 2.45) is 0 Å². The minimum absolute atomic E-state index is 0.118. The molecule has 0 radical (unpaired) electrons. The van der Waals surface area contributed by atoms with Gasteiger partial charge in [-0.15, -0.1) is 0 Å². The van der Waals surface area contributed by atoms with Crippen LogP contribution >= 0.6 is 0 Å².